The number of guanidine groups is 1. The van der Waals surface area contributed by atoms with Crippen molar-refractivity contribution in [2.75, 3.05) is 26.7 Å². The van der Waals surface area contributed by atoms with Gasteiger partial charge in [0, 0.05) is 31.6 Å². The minimum Gasteiger partial charge on any atom is -0.356 e. The van der Waals surface area contributed by atoms with Gasteiger partial charge >= 0.3 is 0 Å². The summed E-state index contributed by atoms with van der Waals surface area (Å²) in [6.07, 6.45) is 0.970. The minimum absolute atomic E-state index is 0.0477. The highest BCUT2D eigenvalue weighted by Crippen LogP contribution is 2.13. The first-order chi connectivity index (χ1) is 9.99. The van der Waals surface area contributed by atoms with Gasteiger partial charge in [0.15, 0.2) is 5.96 Å². The number of carbonyl (C=O) groups excluding carboxylic acids is 1. The number of amides is 1. The quantitative estimate of drug-likeness (QED) is 0.530. The standard InChI is InChI=1S/C15H26N4OS/c1-5-17-13(20)15(2,3)11-19-14(16-4)18-9-8-12-7-6-10-21-12/h6-7,10H,5,8-9,11H2,1-4H3,(H,17,20)(H2,16,18,19). The van der Waals surface area contributed by atoms with Crippen LogP contribution in [0.15, 0.2) is 22.5 Å². The Hall–Kier alpha value is -1.56. The van der Waals surface area contributed by atoms with Crippen LogP contribution < -0.4 is 16.0 Å². The summed E-state index contributed by atoms with van der Waals surface area (Å²) < 4.78 is 0. The van der Waals surface area contributed by atoms with Crippen molar-refractivity contribution in [1.82, 2.24) is 16.0 Å². The molecule has 0 saturated carbocycles. The highest BCUT2D eigenvalue weighted by Gasteiger charge is 2.27. The maximum Gasteiger partial charge on any atom is 0.227 e. The predicted octanol–water partition coefficient (Wildman–Crippen LogP) is 1.62. The molecule has 0 spiro atoms. The molecule has 21 heavy (non-hydrogen) atoms. The van der Waals surface area contributed by atoms with Crippen LogP contribution in [0, 0.1) is 5.41 Å². The first-order valence-electron chi connectivity index (χ1n) is 7.24. The number of hydrogen-bond acceptors (Lipinski definition) is 3. The number of rotatable bonds is 7. The molecule has 0 atom stereocenters. The number of nitrogens with zero attached hydrogens (tertiary/aromatic N) is 1. The van der Waals surface area contributed by atoms with Crippen molar-refractivity contribution < 1.29 is 4.79 Å². The minimum atomic E-state index is -0.471. The number of nitrogens with one attached hydrogen (secondary N) is 3. The Morgan fingerprint density at radius 1 is 1.33 bits per heavy atom. The van der Waals surface area contributed by atoms with E-state index in [1.54, 1.807) is 18.4 Å². The van der Waals surface area contributed by atoms with Crippen LogP contribution in [0.3, 0.4) is 0 Å². The molecule has 5 nitrogen and oxygen atoms in total. The summed E-state index contributed by atoms with van der Waals surface area (Å²) in [6, 6.07) is 4.18. The van der Waals surface area contributed by atoms with Gasteiger partial charge in [0.25, 0.3) is 0 Å². The van der Waals surface area contributed by atoms with Gasteiger partial charge in [0.1, 0.15) is 0 Å². The molecule has 0 aliphatic heterocycles. The van der Waals surface area contributed by atoms with Crippen molar-refractivity contribution in [3.05, 3.63) is 22.4 Å². The van der Waals surface area contributed by atoms with E-state index in [1.165, 1.54) is 4.88 Å². The summed E-state index contributed by atoms with van der Waals surface area (Å²) in [5.41, 5.74) is -0.471. The van der Waals surface area contributed by atoms with Crippen LogP contribution >= 0.6 is 11.3 Å². The third-order valence-corrected chi connectivity index (χ3v) is 4.05. The molecule has 0 fully saturated rings. The van der Waals surface area contributed by atoms with E-state index < -0.39 is 5.41 Å². The second-order valence-electron chi connectivity index (χ2n) is 5.43. The Bertz CT molecular complexity index is 454. The molecule has 0 bridgehead atoms. The first-order valence-corrected chi connectivity index (χ1v) is 8.12. The molecule has 118 valence electrons. The van der Waals surface area contributed by atoms with E-state index >= 15 is 0 Å². The first kappa shape index (κ1) is 17.5. The van der Waals surface area contributed by atoms with E-state index in [4.69, 9.17) is 0 Å². The van der Waals surface area contributed by atoms with Crippen LogP contribution in [-0.4, -0.2) is 38.5 Å². The van der Waals surface area contributed by atoms with Gasteiger partial charge in [-0.1, -0.05) is 6.07 Å². The van der Waals surface area contributed by atoms with E-state index in [9.17, 15) is 4.79 Å². The Balaban J connectivity index is 2.35. The summed E-state index contributed by atoms with van der Waals surface area (Å²) in [6.45, 7) is 7.77. The molecule has 0 unspecified atom stereocenters. The Kier molecular flexibility index (Phi) is 7.22. The number of carbonyl (C=O) groups is 1. The third kappa shape index (κ3) is 6.16. The Labute approximate surface area is 131 Å². The average molecular weight is 310 g/mol. The van der Waals surface area contributed by atoms with Gasteiger partial charge in [-0.15, -0.1) is 11.3 Å². The summed E-state index contributed by atoms with van der Waals surface area (Å²) in [7, 11) is 1.74. The van der Waals surface area contributed by atoms with E-state index in [0.717, 1.165) is 18.9 Å². The Morgan fingerprint density at radius 3 is 2.67 bits per heavy atom. The van der Waals surface area contributed by atoms with Crippen LogP contribution in [0.5, 0.6) is 0 Å². The highest BCUT2D eigenvalue weighted by atomic mass is 32.1. The van der Waals surface area contributed by atoms with Crippen molar-refractivity contribution in [2.45, 2.75) is 27.2 Å². The van der Waals surface area contributed by atoms with Gasteiger partial charge in [-0.25, -0.2) is 0 Å². The molecule has 1 amide bonds. The van der Waals surface area contributed by atoms with Gasteiger partial charge in [0.2, 0.25) is 5.91 Å². The van der Waals surface area contributed by atoms with Crippen LogP contribution in [-0.2, 0) is 11.2 Å². The number of thiophene rings is 1. The summed E-state index contributed by atoms with van der Waals surface area (Å²) in [5.74, 6) is 0.774. The van der Waals surface area contributed by atoms with E-state index in [-0.39, 0.29) is 5.91 Å². The molecule has 0 aliphatic rings. The maximum atomic E-state index is 11.9. The molecule has 1 rings (SSSR count). The van der Waals surface area contributed by atoms with Gasteiger partial charge in [0.05, 0.1) is 5.41 Å². The van der Waals surface area contributed by atoms with Crippen LogP contribution in [0.25, 0.3) is 0 Å². The van der Waals surface area contributed by atoms with Gasteiger partial charge in [-0.2, -0.15) is 0 Å². The zero-order valence-electron chi connectivity index (χ0n) is 13.3. The predicted molar refractivity (Wildman–Crippen MR) is 89.9 cm³/mol. The number of aliphatic imine (C=N–C) groups is 1. The van der Waals surface area contributed by atoms with E-state index in [2.05, 4.69) is 38.5 Å². The van der Waals surface area contributed by atoms with Gasteiger partial charge < -0.3 is 16.0 Å². The van der Waals surface area contributed by atoms with Crippen LogP contribution in [0.2, 0.25) is 0 Å². The Morgan fingerprint density at radius 2 is 2.10 bits per heavy atom. The zero-order valence-corrected chi connectivity index (χ0v) is 14.1. The monoisotopic (exact) mass is 310 g/mol. The lowest BCUT2D eigenvalue weighted by Crippen LogP contribution is -2.48. The maximum absolute atomic E-state index is 11.9. The van der Waals surface area contributed by atoms with Crippen molar-refractivity contribution in [3.8, 4) is 0 Å². The second kappa shape index (κ2) is 8.67. The summed E-state index contributed by atoms with van der Waals surface area (Å²) in [4.78, 5) is 17.5. The fourth-order valence-corrected chi connectivity index (χ4v) is 2.47. The zero-order chi connectivity index (χ0) is 15.7. The second-order valence-corrected chi connectivity index (χ2v) is 6.46. The molecule has 3 N–H and O–H groups in total. The van der Waals surface area contributed by atoms with E-state index in [1.807, 2.05) is 20.8 Å². The lowest BCUT2D eigenvalue weighted by molar-refractivity contribution is -0.128. The van der Waals surface area contributed by atoms with Crippen LogP contribution in [0.1, 0.15) is 25.6 Å². The third-order valence-electron chi connectivity index (χ3n) is 3.12. The van der Waals surface area contributed by atoms with Crippen LogP contribution in [0.4, 0.5) is 0 Å². The smallest absolute Gasteiger partial charge is 0.227 e. The summed E-state index contributed by atoms with van der Waals surface area (Å²) >= 11 is 1.76. The van der Waals surface area contributed by atoms with Crippen molar-refractivity contribution in [3.63, 3.8) is 0 Å². The SMILES string of the molecule is CCNC(=O)C(C)(C)CNC(=NC)NCCc1cccs1. The van der Waals surface area contributed by atoms with E-state index in [0.29, 0.717) is 13.1 Å². The lowest BCUT2D eigenvalue weighted by atomic mass is 9.92. The van der Waals surface area contributed by atoms with Gasteiger partial charge in [-0.05, 0) is 38.6 Å². The molecule has 0 saturated heterocycles. The number of hydrogen-bond donors (Lipinski definition) is 3. The molecule has 0 aliphatic carbocycles. The average Bonchev–Trinajstić information content (AvgIpc) is 2.96. The van der Waals surface area contributed by atoms with Gasteiger partial charge in [-0.3, -0.25) is 9.79 Å². The normalized spacial score (nSPS) is 12.1. The molecule has 6 heteroatoms. The van der Waals surface area contributed by atoms with Crippen molar-refractivity contribution in [2.24, 2.45) is 10.4 Å². The van der Waals surface area contributed by atoms with Crippen molar-refractivity contribution >= 4 is 23.2 Å². The molecule has 0 radical (unpaired) electrons. The lowest BCUT2D eigenvalue weighted by Gasteiger charge is -2.24. The fraction of sp³-hybridized carbons (Fsp3) is 0.600. The highest BCUT2D eigenvalue weighted by molar-refractivity contribution is 7.09. The molecular formula is C15H26N4OS. The molecule has 1 aromatic rings. The van der Waals surface area contributed by atoms with Crippen molar-refractivity contribution in [1.29, 1.82) is 0 Å². The topological polar surface area (TPSA) is 65.5 Å². The molecule has 0 aromatic carbocycles. The molecule has 1 heterocycles. The largest absolute Gasteiger partial charge is 0.356 e. The molecule has 1 aromatic heterocycles. The fourth-order valence-electron chi connectivity index (χ4n) is 1.76. The summed E-state index contributed by atoms with van der Waals surface area (Å²) in [5, 5.41) is 11.4. The molecular weight excluding hydrogens is 284 g/mol.